The maximum Gasteiger partial charge on any atom is 0.173 e. The minimum absolute atomic E-state index is 0.0164. The highest BCUT2D eigenvalue weighted by atomic mass is 32.2. The Labute approximate surface area is 213 Å². The van der Waals surface area contributed by atoms with Gasteiger partial charge in [0.1, 0.15) is 23.2 Å². The van der Waals surface area contributed by atoms with Gasteiger partial charge in [0, 0.05) is 22.4 Å². The quantitative estimate of drug-likeness (QED) is 0.252. The fourth-order valence-electron chi connectivity index (χ4n) is 5.15. The number of imidazole rings is 1. The van der Waals surface area contributed by atoms with Crippen LogP contribution in [0.3, 0.4) is 0 Å². The number of aryl methyl sites for hydroxylation is 2. The molecular weight excluding hydrogens is 481 g/mol. The van der Waals surface area contributed by atoms with Crippen molar-refractivity contribution >= 4 is 11.8 Å². The summed E-state index contributed by atoms with van der Waals surface area (Å²) in [5.74, 6) is -0.567. The van der Waals surface area contributed by atoms with Crippen LogP contribution in [0.25, 0.3) is 5.69 Å². The second kappa shape index (κ2) is 9.69. The van der Waals surface area contributed by atoms with Gasteiger partial charge in [0.2, 0.25) is 0 Å². The van der Waals surface area contributed by atoms with Crippen LogP contribution in [0.4, 0.5) is 13.2 Å². The summed E-state index contributed by atoms with van der Waals surface area (Å²) < 4.78 is 50.1. The predicted octanol–water partition coefficient (Wildman–Crippen LogP) is 7.54. The summed E-state index contributed by atoms with van der Waals surface area (Å²) in [5, 5.41) is 0.632. The van der Waals surface area contributed by atoms with Crippen LogP contribution < -0.4 is 4.74 Å². The number of hydrogen-bond donors (Lipinski definition) is 0. The van der Waals surface area contributed by atoms with Gasteiger partial charge >= 0.3 is 0 Å². The lowest BCUT2D eigenvalue weighted by atomic mass is 9.71. The van der Waals surface area contributed by atoms with Crippen molar-refractivity contribution in [1.29, 1.82) is 0 Å². The van der Waals surface area contributed by atoms with E-state index in [1.54, 1.807) is 19.2 Å². The molecule has 1 unspecified atom stereocenters. The van der Waals surface area contributed by atoms with E-state index in [1.807, 2.05) is 17.6 Å². The van der Waals surface area contributed by atoms with Crippen LogP contribution in [0.2, 0.25) is 0 Å². The van der Waals surface area contributed by atoms with E-state index >= 15 is 0 Å². The number of fused-ring (bicyclic) bond motifs is 1. The molecule has 1 heterocycles. The summed E-state index contributed by atoms with van der Waals surface area (Å²) >= 11 is 1.28. The lowest BCUT2D eigenvalue weighted by molar-refractivity contribution is 0.409. The van der Waals surface area contributed by atoms with Crippen LogP contribution in [0.1, 0.15) is 47.8 Å². The third-order valence-electron chi connectivity index (χ3n) is 7.06. The molecule has 0 amide bonds. The molecule has 0 fully saturated rings. The molecule has 1 aliphatic rings. The maximum absolute atomic E-state index is 14.4. The first-order chi connectivity index (χ1) is 17.3. The standard InChI is InChI=1S/C29H27F3N2OS/c1-18-16-19(9-14-26(18)35-3)29(2)15-5-8-25-27(29)34(21-12-10-20(30)11-13-21)28(33-25)36-17-22-23(31)6-4-7-24(22)32/h4,6-7,9-14,16H,5,8,15,17H2,1-3H3. The molecule has 1 aromatic heterocycles. The molecule has 7 heteroatoms. The number of aromatic nitrogens is 2. The molecule has 0 saturated carbocycles. The van der Waals surface area contributed by atoms with E-state index in [4.69, 9.17) is 9.72 Å². The highest BCUT2D eigenvalue weighted by Gasteiger charge is 2.39. The summed E-state index contributed by atoms with van der Waals surface area (Å²) in [7, 11) is 1.66. The number of nitrogens with zero attached hydrogens (tertiary/aromatic N) is 2. The Morgan fingerprint density at radius 2 is 1.75 bits per heavy atom. The van der Waals surface area contributed by atoms with Crippen LogP contribution >= 0.6 is 11.8 Å². The molecule has 3 nitrogen and oxygen atoms in total. The zero-order chi connectivity index (χ0) is 25.4. The smallest absolute Gasteiger partial charge is 0.173 e. The van der Waals surface area contributed by atoms with Gasteiger partial charge in [0.05, 0.1) is 18.5 Å². The van der Waals surface area contributed by atoms with Crippen molar-refractivity contribution in [3.8, 4) is 11.4 Å². The van der Waals surface area contributed by atoms with Crippen molar-refractivity contribution in [2.24, 2.45) is 0 Å². The molecular formula is C29H27F3N2OS. The Morgan fingerprint density at radius 1 is 1.03 bits per heavy atom. The summed E-state index contributed by atoms with van der Waals surface area (Å²) in [5.41, 5.74) is 4.58. The van der Waals surface area contributed by atoms with Crippen LogP contribution in [-0.2, 0) is 17.6 Å². The van der Waals surface area contributed by atoms with Gasteiger partial charge in [-0.15, -0.1) is 0 Å². The average Bonchev–Trinajstić information content (AvgIpc) is 3.24. The second-order valence-electron chi connectivity index (χ2n) is 9.36. The van der Waals surface area contributed by atoms with Crippen LogP contribution in [0.15, 0.2) is 65.8 Å². The third kappa shape index (κ3) is 4.30. The van der Waals surface area contributed by atoms with Gasteiger partial charge in [-0.2, -0.15) is 0 Å². The first kappa shape index (κ1) is 24.5. The highest BCUT2D eigenvalue weighted by molar-refractivity contribution is 7.98. The van der Waals surface area contributed by atoms with Gasteiger partial charge in [-0.1, -0.05) is 30.0 Å². The van der Waals surface area contributed by atoms with E-state index in [0.29, 0.717) is 5.16 Å². The molecule has 1 aliphatic carbocycles. The Morgan fingerprint density at radius 3 is 2.42 bits per heavy atom. The van der Waals surface area contributed by atoms with Gasteiger partial charge in [-0.05, 0) is 86.7 Å². The molecule has 0 saturated heterocycles. The molecule has 0 aliphatic heterocycles. The molecule has 0 N–H and O–H groups in total. The molecule has 36 heavy (non-hydrogen) atoms. The fraction of sp³-hybridized carbons (Fsp3) is 0.276. The summed E-state index contributed by atoms with van der Waals surface area (Å²) in [6.45, 7) is 4.23. The first-order valence-electron chi connectivity index (χ1n) is 11.9. The van der Waals surface area contributed by atoms with Gasteiger partial charge < -0.3 is 4.74 Å². The van der Waals surface area contributed by atoms with Crippen molar-refractivity contribution in [2.45, 2.75) is 49.4 Å². The van der Waals surface area contributed by atoms with E-state index < -0.39 is 11.6 Å². The van der Waals surface area contributed by atoms with Crippen molar-refractivity contribution in [1.82, 2.24) is 9.55 Å². The SMILES string of the molecule is COc1ccc(C2(C)CCCc3nc(SCc4c(F)cccc4F)n(-c4ccc(F)cc4)c32)cc1C. The lowest BCUT2D eigenvalue weighted by Crippen LogP contribution is -2.31. The predicted molar refractivity (Wildman–Crippen MR) is 137 cm³/mol. The van der Waals surface area contributed by atoms with E-state index in [1.165, 1.54) is 42.1 Å². The number of thioether (sulfide) groups is 1. The first-order valence-corrected chi connectivity index (χ1v) is 12.9. The minimum Gasteiger partial charge on any atom is -0.496 e. The van der Waals surface area contributed by atoms with Crippen molar-refractivity contribution in [2.75, 3.05) is 7.11 Å². The normalized spacial score (nSPS) is 17.2. The molecule has 0 spiro atoms. The Balaban J connectivity index is 1.66. The van der Waals surface area contributed by atoms with Crippen LogP contribution in [0.5, 0.6) is 5.75 Å². The average molecular weight is 509 g/mol. The maximum atomic E-state index is 14.4. The number of methoxy groups -OCH3 is 1. The number of rotatable bonds is 6. The van der Waals surface area contributed by atoms with Crippen molar-refractivity contribution in [3.63, 3.8) is 0 Å². The number of halogens is 3. The molecule has 186 valence electrons. The number of hydrogen-bond acceptors (Lipinski definition) is 3. The molecule has 0 bridgehead atoms. The van der Waals surface area contributed by atoms with E-state index in [0.717, 1.165) is 53.2 Å². The van der Waals surface area contributed by atoms with Crippen LogP contribution in [-0.4, -0.2) is 16.7 Å². The van der Waals surface area contributed by atoms with E-state index in [9.17, 15) is 13.2 Å². The van der Waals surface area contributed by atoms with Crippen LogP contribution in [0, 0.1) is 24.4 Å². The molecule has 1 atom stereocenters. The summed E-state index contributed by atoms with van der Waals surface area (Å²) in [4.78, 5) is 4.96. The molecule has 0 radical (unpaired) electrons. The molecule has 3 aromatic carbocycles. The molecule has 5 rings (SSSR count). The van der Waals surface area contributed by atoms with Gasteiger partial charge in [-0.25, -0.2) is 18.2 Å². The largest absolute Gasteiger partial charge is 0.496 e. The topological polar surface area (TPSA) is 27.1 Å². The monoisotopic (exact) mass is 508 g/mol. The van der Waals surface area contributed by atoms with Gasteiger partial charge in [-0.3, -0.25) is 4.57 Å². The van der Waals surface area contributed by atoms with E-state index in [2.05, 4.69) is 19.1 Å². The fourth-order valence-corrected chi connectivity index (χ4v) is 6.20. The number of benzene rings is 3. The lowest BCUT2D eigenvalue weighted by Gasteiger charge is -2.36. The zero-order valence-electron chi connectivity index (χ0n) is 20.4. The second-order valence-corrected chi connectivity index (χ2v) is 10.3. The van der Waals surface area contributed by atoms with Gasteiger partial charge in [0.15, 0.2) is 5.16 Å². The number of ether oxygens (including phenoxy) is 1. The summed E-state index contributed by atoms with van der Waals surface area (Å²) in [6, 6.07) is 16.4. The Kier molecular flexibility index (Phi) is 6.60. The Hall–Kier alpha value is -3.19. The van der Waals surface area contributed by atoms with Crippen molar-refractivity contribution in [3.05, 3.63) is 106 Å². The van der Waals surface area contributed by atoms with Crippen molar-refractivity contribution < 1.29 is 17.9 Å². The minimum atomic E-state index is -0.578. The highest BCUT2D eigenvalue weighted by Crippen LogP contribution is 2.46. The third-order valence-corrected chi connectivity index (χ3v) is 8.02. The Bertz CT molecular complexity index is 1400. The molecule has 4 aromatic rings. The zero-order valence-corrected chi connectivity index (χ0v) is 21.3. The van der Waals surface area contributed by atoms with E-state index in [-0.39, 0.29) is 22.5 Å². The van der Waals surface area contributed by atoms with Gasteiger partial charge in [0.25, 0.3) is 0 Å². The summed E-state index contributed by atoms with van der Waals surface area (Å²) in [6.07, 6.45) is 2.67.